The van der Waals surface area contributed by atoms with E-state index in [1.165, 1.54) is 11.1 Å². The Balaban J connectivity index is 1.77. The first kappa shape index (κ1) is 19.8. The Bertz CT molecular complexity index is 708. The molecular weight excluding hydrogens is 326 g/mol. The third-order valence-electron chi connectivity index (χ3n) is 4.10. The number of ether oxygens (including phenoxy) is 1. The van der Waals surface area contributed by atoms with Crippen molar-refractivity contribution in [3.05, 3.63) is 47.3 Å². The van der Waals surface area contributed by atoms with Gasteiger partial charge in [-0.05, 0) is 56.4 Å². The molecule has 0 saturated heterocycles. The fourth-order valence-corrected chi connectivity index (χ4v) is 2.70. The molecule has 1 aromatic heterocycles. The Morgan fingerprint density at radius 3 is 2.81 bits per heavy atom. The van der Waals surface area contributed by atoms with Gasteiger partial charge in [-0.15, -0.1) is 0 Å². The molecule has 1 heterocycles. The number of nitrogens with one attached hydrogen (secondary N) is 2. The van der Waals surface area contributed by atoms with Gasteiger partial charge < -0.3 is 15.4 Å². The van der Waals surface area contributed by atoms with E-state index in [4.69, 9.17) is 4.74 Å². The van der Waals surface area contributed by atoms with Crippen molar-refractivity contribution in [2.75, 3.05) is 26.7 Å². The fourth-order valence-electron chi connectivity index (χ4n) is 2.70. The van der Waals surface area contributed by atoms with Crippen molar-refractivity contribution < 1.29 is 4.74 Å². The first-order valence-electron chi connectivity index (χ1n) is 9.27. The maximum absolute atomic E-state index is 5.39. The third kappa shape index (κ3) is 6.43. The minimum Gasteiger partial charge on any atom is -0.496 e. The molecule has 1 aromatic carbocycles. The summed E-state index contributed by atoms with van der Waals surface area (Å²) in [7, 11) is 1.71. The molecule has 0 amide bonds. The second-order valence-electron chi connectivity index (χ2n) is 6.38. The number of aromatic nitrogens is 2. The average Bonchev–Trinajstić information content (AvgIpc) is 3.05. The number of nitrogens with zero attached hydrogens (tertiary/aromatic N) is 3. The van der Waals surface area contributed by atoms with Crippen molar-refractivity contribution in [1.29, 1.82) is 0 Å². The van der Waals surface area contributed by atoms with Crippen LogP contribution in [-0.2, 0) is 13.0 Å². The molecule has 6 heteroatoms. The monoisotopic (exact) mass is 357 g/mol. The molecule has 0 bridgehead atoms. The van der Waals surface area contributed by atoms with Crippen molar-refractivity contribution >= 4 is 5.96 Å². The molecule has 26 heavy (non-hydrogen) atoms. The second kappa shape index (κ2) is 10.5. The standard InChI is InChI=1S/C20H31N5O/c1-5-21-20(22-10-6-12-25-15-16(2)14-24-25)23-11-9-18-8-7-17(3)19(13-18)26-4/h7-8,13-15H,5-6,9-12H2,1-4H3,(H2,21,22,23). The molecule has 0 aliphatic carbocycles. The van der Waals surface area contributed by atoms with E-state index in [-0.39, 0.29) is 0 Å². The van der Waals surface area contributed by atoms with E-state index in [0.717, 1.165) is 56.3 Å². The van der Waals surface area contributed by atoms with E-state index < -0.39 is 0 Å². The topological polar surface area (TPSA) is 63.5 Å². The van der Waals surface area contributed by atoms with Crippen LogP contribution in [0.1, 0.15) is 30.0 Å². The van der Waals surface area contributed by atoms with E-state index in [0.29, 0.717) is 0 Å². The van der Waals surface area contributed by atoms with Gasteiger partial charge in [0.2, 0.25) is 0 Å². The van der Waals surface area contributed by atoms with Gasteiger partial charge in [0.1, 0.15) is 5.75 Å². The minimum atomic E-state index is 0.770. The van der Waals surface area contributed by atoms with Gasteiger partial charge >= 0.3 is 0 Å². The van der Waals surface area contributed by atoms with Gasteiger partial charge in [0.25, 0.3) is 0 Å². The number of hydrogen-bond donors (Lipinski definition) is 2. The first-order chi connectivity index (χ1) is 12.6. The van der Waals surface area contributed by atoms with E-state index in [2.05, 4.69) is 65.9 Å². The molecule has 2 rings (SSSR count). The van der Waals surface area contributed by atoms with Crippen molar-refractivity contribution in [2.24, 2.45) is 4.99 Å². The Hall–Kier alpha value is -2.50. The van der Waals surface area contributed by atoms with Crippen molar-refractivity contribution in [2.45, 2.75) is 40.2 Å². The number of aliphatic imine (C=N–C) groups is 1. The van der Waals surface area contributed by atoms with E-state index >= 15 is 0 Å². The van der Waals surface area contributed by atoms with E-state index in [1.807, 2.05) is 10.9 Å². The number of guanidine groups is 1. The van der Waals surface area contributed by atoms with Crippen LogP contribution in [0.3, 0.4) is 0 Å². The maximum atomic E-state index is 5.39. The summed E-state index contributed by atoms with van der Waals surface area (Å²) >= 11 is 0. The number of methoxy groups -OCH3 is 1. The van der Waals surface area contributed by atoms with Crippen LogP contribution in [0, 0.1) is 13.8 Å². The van der Waals surface area contributed by atoms with Crippen molar-refractivity contribution in [3.63, 3.8) is 0 Å². The second-order valence-corrected chi connectivity index (χ2v) is 6.38. The maximum Gasteiger partial charge on any atom is 0.191 e. The number of aryl methyl sites for hydroxylation is 3. The Kier molecular flexibility index (Phi) is 7.99. The number of benzene rings is 1. The molecule has 0 radical (unpaired) electrons. The normalized spacial score (nSPS) is 11.5. The van der Waals surface area contributed by atoms with Crippen LogP contribution in [0.5, 0.6) is 5.75 Å². The summed E-state index contributed by atoms with van der Waals surface area (Å²) in [6.45, 7) is 9.53. The lowest BCUT2D eigenvalue weighted by Gasteiger charge is -2.12. The largest absolute Gasteiger partial charge is 0.496 e. The molecular formula is C20H31N5O. The predicted octanol–water partition coefficient (Wildman–Crippen LogP) is 2.70. The van der Waals surface area contributed by atoms with Gasteiger partial charge in [0.05, 0.1) is 13.3 Å². The predicted molar refractivity (Wildman–Crippen MR) is 107 cm³/mol. The van der Waals surface area contributed by atoms with E-state index in [1.54, 1.807) is 7.11 Å². The lowest BCUT2D eigenvalue weighted by molar-refractivity contribution is 0.411. The quantitative estimate of drug-likeness (QED) is 0.411. The molecule has 0 aliphatic heterocycles. The highest BCUT2D eigenvalue weighted by Gasteiger charge is 2.02. The van der Waals surface area contributed by atoms with Gasteiger partial charge in [0.15, 0.2) is 5.96 Å². The van der Waals surface area contributed by atoms with Gasteiger partial charge in [0, 0.05) is 32.4 Å². The smallest absolute Gasteiger partial charge is 0.191 e. The van der Waals surface area contributed by atoms with Crippen LogP contribution in [0.15, 0.2) is 35.6 Å². The molecule has 0 aliphatic rings. The third-order valence-corrected chi connectivity index (χ3v) is 4.10. The van der Waals surface area contributed by atoms with Crippen molar-refractivity contribution in [1.82, 2.24) is 20.4 Å². The molecule has 2 aromatic rings. The zero-order valence-electron chi connectivity index (χ0n) is 16.4. The fraction of sp³-hybridized carbons (Fsp3) is 0.500. The average molecular weight is 358 g/mol. The minimum absolute atomic E-state index is 0.770. The van der Waals surface area contributed by atoms with Crippen LogP contribution in [-0.4, -0.2) is 42.5 Å². The lowest BCUT2D eigenvalue weighted by atomic mass is 10.1. The summed E-state index contributed by atoms with van der Waals surface area (Å²) in [5.41, 5.74) is 3.60. The molecule has 0 saturated carbocycles. The Morgan fingerprint density at radius 2 is 2.12 bits per heavy atom. The highest BCUT2D eigenvalue weighted by Crippen LogP contribution is 2.18. The summed E-state index contributed by atoms with van der Waals surface area (Å²) in [5.74, 6) is 1.81. The van der Waals surface area contributed by atoms with Gasteiger partial charge in [-0.25, -0.2) is 0 Å². The summed E-state index contributed by atoms with van der Waals surface area (Å²) in [4.78, 5) is 4.64. The lowest BCUT2D eigenvalue weighted by Crippen LogP contribution is -2.38. The zero-order valence-corrected chi connectivity index (χ0v) is 16.4. The van der Waals surface area contributed by atoms with Crippen LogP contribution in [0.2, 0.25) is 0 Å². The summed E-state index contributed by atoms with van der Waals surface area (Å²) in [5, 5.41) is 11.0. The molecule has 0 unspecified atom stereocenters. The first-order valence-corrected chi connectivity index (χ1v) is 9.27. The van der Waals surface area contributed by atoms with Crippen LogP contribution >= 0.6 is 0 Å². The van der Waals surface area contributed by atoms with Crippen LogP contribution in [0.25, 0.3) is 0 Å². The Morgan fingerprint density at radius 1 is 1.27 bits per heavy atom. The SMILES string of the molecule is CCNC(=NCCCn1cc(C)cn1)NCCc1ccc(C)c(OC)c1. The van der Waals surface area contributed by atoms with Gasteiger partial charge in [-0.2, -0.15) is 5.10 Å². The van der Waals surface area contributed by atoms with Crippen LogP contribution < -0.4 is 15.4 Å². The number of rotatable bonds is 9. The molecule has 6 nitrogen and oxygen atoms in total. The summed E-state index contributed by atoms with van der Waals surface area (Å²) in [6.07, 6.45) is 5.83. The zero-order chi connectivity index (χ0) is 18.8. The van der Waals surface area contributed by atoms with Gasteiger partial charge in [-0.1, -0.05) is 12.1 Å². The summed E-state index contributed by atoms with van der Waals surface area (Å²) in [6, 6.07) is 6.35. The molecule has 0 fully saturated rings. The van der Waals surface area contributed by atoms with E-state index in [9.17, 15) is 0 Å². The summed E-state index contributed by atoms with van der Waals surface area (Å²) < 4.78 is 7.36. The molecule has 142 valence electrons. The van der Waals surface area contributed by atoms with Crippen molar-refractivity contribution in [3.8, 4) is 5.75 Å². The molecule has 0 spiro atoms. The molecule has 2 N–H and O–H groups in total. The molecule has 0 atom stereocenters. The highest BCUT2D eigenvalue weighted by atomic mass is 16.5. The Labute approximate surface area is 156 Å². The highest BCUT2D eigenvalue weighted by molar-refractivity contribution is 5.79. The van der Waals surface area contributed by atoms with Crippen LogP contribution in [0.4, 0.5) is 0 Å². The van der Waals surface area contributed by atoms with Gasteiger partial charge in [-0.3, -0.25) is 9.67 Å². The number of hydrogen-bond acceptors (Lipinski definition) is 3.